The van der Waals surface area contributed by atoms with Gasteiger partial charge >= 0.3 is 0 Å². The number of nitrogens with zero attached hydrogens (tertiary/aromatic N) is 3. The number of imidazole rings is 1. The first-order chi connectivity index (χ1) is 12.8. The fourth-order valence-electron chi connectivity index (χ4n) is 3.61. The van der Waals surface area contributed by atoms with E-state index in [0.29, 0.717) is 0 Å². The Morgan fingerprint density at radius 3 is 1.77 bits per heavy atom. The molecule has 0 fully saturated rings. The Morgan fingerprint density at radius 2 is 1.31 bits per heavy atom. The van der Waals surface area contributed by atoms with Crippen molar-refractivity contribution in [2.75, 3.05) is 0 Å². The zero-order valence-corrected chi connectivity index (χ0v) is 17.4. The monoisotopic (exact) mass is 359 g/mol. The van der Waals surface area contributed by atoms with Crippen molar-refractivity contribution in [1.82, 2.24) is 9.55 Å². The molecule has 3 nitrogen and oxygen atoms in total. The van der Waals surface area contributed by atoms with E-state index in [1.165, 1.54) is 96.3 Å². The number of hydrogen-bond donors (Lipinski definition) is 0. The zero-order valence-electron chi connectivity index (χ0n) is 17.4. The summed E-state index contributed by atoms with van der Waals surface area (Å²) in [7, 11) is 0. The molecular weight excluding hydrogens is 318 g/mol. The molecule has 0 radical (unpaired) electrons. The Morgan fingerprint density at radius 1 is 0.846 bits per heavy atom. The van der Waals surface area contributed by atoms with Crippen LogP contribution in [0.25, 0.3) is 0 Å². The van der Waals surface area contributed by atoms with E-state index in [2.05, 4.69) is 18.0 Å². The van der Waals surface area contributed by atoms with E-state index in [9.17, 15) is 0 Å². The lowest BCUT2D eigenvalue weighted by Gasteiger charge is -2.09. The zero-order chi connectivity index (χ0) is 18.9. The fourth-order valence-corrected chi connectivity index (χ4v) is 3.61. The molecule has 0 aliphatic carbocycles. The molecular formula is C23H41N3. The maximum absolute atomic E-state index is 9.04. The van der Waals surface area contributed by atoms with Gasteiger partial charge in [-0.15, -0.1) is 0 Å². The van der Waals surface area contributed by atoms with Crippen LogP contribution in [0.5, 0.6) is 0 Å². The average Bonchev–Trinajstić information content (AvgIpc) is 3.12. The summed E-state index contributed by atoms with van der Waals surface area (Å²) >= 11 is 0. The highest BCUT2D eigenvalue weighted by atomic mass is 15.1. The minimum absolute atomic E-state index is 0.108. The van der Waals surface area contributed by atoms with Crippen molar-refractivity contribution in [3.63, 3.8) is 0 Å². The third kappa shape index (κ3) is 10.6. The summed E-state index contributed by atoms with van der Waals surface area (Å²) < 4.78 is 2.00. The van der Waals surface area contributed by atoms with E-state index in [4.69, 9.17) is 5.26 Å². The maximum atomic E-state index is 9.04. The number of nitriles is 1. The van der Waals surface area contributed by atoms with Crippen molar-refractivity contribution in [2.24, 2.45) is 0 Å². The van der Waals surface area contributed by atoms with Crippen LogP contribution in [0.2, 0.25) is 0 Å². The topological polar surface area (TPSA) is 41.6 Å². The Bertz CT molecular complexity index is 472. The van der Waals surface area contributed by atoms with E-state index >= 15 is 0 Å². The van der Waals surface area contributed by atoms with E-state index < -0.39 is 0 Å². The molecule has 1 heterocycles. The van der Waals surface area contributed by atoms with Gasteiger partial charge < -0.3 is 4.57 Å². The number of hydrogen-bond acceptors (Lipinski definition) is 2. The third-order valence-electron chi connectivity index (χ3n) is 5.36. The molecule has 0 spiro atoms. The van der Waals surface area contributed by atoms with Gasteiger partial charge in [-0.3, -0.25) is 0 Å². The molecule has 0 bridgehead atoms. The van der Waals surface area contributed by atoms with E-state index in [0.717, 1.165) is 12.2 Å². The Kier molecular flexibility index (Phi) is 13.9. The molecule has 26 heavy (non-hydrogen) atoms. The van der Waals surface area contributed by atoms with Gasteiger partial charge in [-0.05, 0) is 13.3 Å². The lowest BCUT2D eigenvalue weighted by molar-refractivity contribution is 0.529. The molecule has 0 saturated heterocycles. The SMILES string of the molecule is CCCCCCCCCCCCCCCCCc1nccn1C(C)C#N. The highest BCUT2D eigenvalue weighted by Crippen LogP contribution is 2.15. The molecule has 1 rings (SSSR count). The fraction of sp³-hybridized carbons (Fsp3) is 0.826. The number of aromatic nitrogens is 2. The second kappa shape index (κ2) is 15.9. The summed E-state index contributed by atoms with van der Waals surface area (Å²) in [6, 6.07) is 2.18. The highest BCUT2D eigenvalue weighted by molar-refractivity contribution is 5.00. The molecule has 0 saturated carbocycles. The predicted molar refractivity (Wildman–Crippen MR) is 111 cm³/mol. The molecule has 1 unspecified atom stereocenters. The highest BCUT2D eigenvalue weighted by Gasteiger charge is 2.08. The summed E-state index contributed by atoms with van der Waals surface area (Å²) in [6.07, 6.45) is 25.6. The number of aryl methyl sites for hydroxylation is 1. The molecule has 0 amide bonds. The van der Waals surface area contributed by atoms with Gasteiger partial charge in [0.05, 0.1) is 6.07 Å². The first-order valence-corrected chi connectivity index (χ1v) is 11.2. The first kappa shape index (κ1) is 22.7. The molecule has 1 aromatic rings. The van der Waals surface area contributed by atoms with Crippen LogP contribution >= 0.6 is 0 Å². The van der Waals surface area contributed by atoms with Crippen LogP contribution in [0.4, 0.5) is 0 Å². The second-order valence-electron chi connectivity index (χ2n) is 7.76. The molecule has 0 aliphatic rings. The third-order valence-corrected chi connectivity index (χ3v) is 5.36. The normalized spacial score (nSPS) is 12.2. The van der Waals surface area contributed by atoms with Crippen LogP contribution in [-0.2, 0) is 6.42 Å². The molecule has 1 aromatic heterocycles. The maximum Gasteiger partial charge on any atom is 0.119 e. The van der Waals surface area contributed by atoms with Crippen molar-refractivity contribution in [3.8, 4) is 6.07 Å². The standard InChI is InChI=1S/C23H41N3/c1-3-4-5-6-7-8-9-10-11-12-13-14-15-16-17-18-23-25-19-20-26(23)22(2)21-24/h19-20,22H,3-18H2,1-2H3. The lowest BCUT2D eigenvalue weighted by atomic mass is 10.0. The Balaban J connectivity index is 1.86. The van der Waals surface area contributed by atoms with E-state index in [-0.39, 0.29) is 6.04 Å². The van der Waals surface area contributed by atoms with Crippen LogP contribution in [0.3, 0.4) is 0 Å². The number of unbranched alkanes of at least 4 members (excludes halogenated alkanes) is 14. The summed E-state index contributed by atoms with van der Waals surface area (Å²) in [5.41, 5.74) is 0. The Hall–Kier alpha value is -1.30. The molecule has 3 heteroatoms. The van der Waals surface area contributed by atoms with Gasteiger partial charge in [0.1, 0.15) is 11.9 Å². The van der Waals surface area contributed by atoms with Crippen molar-refractivity contribution in [2.45, 2.75) is 123 Å². The van der Waals surface area contributed by atoms with E-state index in [1.54, 1.807) is 0 Å². The van der Waals surface area contributed by atoms with Gasteiger partial charge in [-0.2, -0.15) is 5.26 Å². The number of rotatable bonds is 17. The summed E-state index contributed by atoms with van der Waals surface area (Å²) in [4.78, 5) is 4.40. The second-order valence-corrected chi connectivity index (χ2v) is 7.76. The largest absolute Gasteiger partial charge is 0.319 e. The smallest absolute Gasteiger partial charge is 0.119 e. The van der Waals surface area contributed by atoms with Gasteiger partial charge in [-0.1, -0.05) is 96.8 Å². The molecule has 148 valence electrons. The Labute approximate surface area is 162 Å². The van der Waals surface area contributed by atoms with Gasteiger partial charge in [-0.25, -0.2) is 4.98 Å². The van der Waals surface area contributed by atoms with Gasteiger partial charge in [0.25, 0.3) is 0 Å². The predicted octanol–water partition coefficient (Wildman–Crippen LogP) is 7.38. The van der Waals surface area contributed by atoms with Crippen LogP contribution < -0.4 is 0 Å². The minimum atomic E-state index is -0.108. The first-order valence-electron chi connectivity index (χ1n) is 11.2. The molecule has 0 aromatic carbocycles. The van der Waals surface area contributed by atoms with Gasteiger partial charge in [0.15, 0.2) is 0 Å². The van der Waals surface area contributed by atoms with Crippen LogP contribution in [0.1, 0.15) is 122 Å². The van der Waals surface area contributed by atoms with Crippen LogP contribution in [-0.4, -0.2) is 9.55 Å². The quantitative estimate of drug-likeness (QED) is 0.272. The van der Waals surface area contributed by atoms with Gasteiger partial charge in [0.2, 0.25) is 0 Å². The summed E-state index contributed by atoms with van der Waals surface area (Å²) in [5, 5.41) is 9.04. The van der Waals surface area contributed by atoms with Crippen LogP contribution in [0, 0.1) is 11.3 Å². The van der Waals surface area contributed by atoms with Gasteiger partial charge in [0, 0.05) is 18.8 Å². The van der Waals surface area contributed by atoms with Crippen molar-refractivity contribution >= 4 is 0 Å². The molecule has 1 atom stereocenters. The summed E-state index contributed by atoms with van der Waals surface area (Å²) in [6.45, 7) is 4.21. The van der Waals surface area contributed by atoms with Crippen molar-refractivity contribution < 1.29 is 0 Å². The van der Waals surface area contributed by atoms with Crippen molar-refractivity contribution in [3.05, 3.63) is 18.2 Å². The summed E-state index contributed by atoms with van der Waals surface area (Å²) in [5.74, 6) is 1.06. The average molecular weight is 360 g/mol. The van der Waals surface area contributed by atoms with Crippen LogP contribution in [0.15, 0.2) is 12.4 Å². The van der Waals surface area contributed by atoms with E-state index in [1.807, 2.05) is 23.9 Å². The molecule has 0 aliphatic heterocycles. The lowest BCUT2D eigenvalue weighted by Crippen LogP contribution is -2.06. The molecule has 0 N–H and O–H groups in total. The minimum Gasteiger partial charge on any atom is -0.319 e. The van der Waals surface area contributed by atoms with Crippen molar-refractivity contribution in [1.29, 1.82) is 5.26 Å².